The Balaban J connectivity index is 1.39. The molecule has 0 aliphatic carbocycles. The molecule has 0 radical (unpaired) electrons. The molecule has 1 atom stereocenters. The fraction of sp³-hybridized carbons (Fsp3) is 0.308. The predicted molar refractivity (Wildman–Crippen MR) is 126 cm³/mol. The molecule has 1 aliphatic heterocycles. The molecule has 156 valence electrons. The summed E-state index contributed by atoms with van der Waals surface area (Å²) in [5.41, 5.74) is 3.90. The molecule has 4 heteroatoms. The van der Waals surface area contributed by atoms with Gasteiger partial charge in [-0.1, -0.05) is 66.2 Å². The van der Waals surface area contributed by atoms with Gasteiger partial charge in [0.25, 0.3) is 0 Å². The summed E-state index contributed by atoms with van der Waals surface area (Å²) in [6, 6.07) is 27.4. The predicted octanol–water partition coefficient (Wildman–Crippen LogP) is 5.69. The van der Waals surface area contributed by atoms with Crippen molar-refractivity contribution in [2.75, 3.05) is 44.7 Å². The molecule has 0 bridgehead atoms. The lowest BCUT2D eigenvalue weighted by Gasteiger charge is -2.37. The molecule has 0 amide bonds. The summed E-state index contributed by atoms with van der Waals surface area (Å²) in [6.45, 7) is 5.27. The molecule has 3 aromatic rings. The van der Waals surface area contributed by atoms with E-state index in [0.29, 0.717) is 5.92 Å². The van der Waals surface area contributed by atoms with E-state index in [1.807, 2.05) is 24.3 Å². The zero-order valence-electron chi connectivity index (χ0n) is 17.5. The van der Waals surface area contributed by atoms with Crippen molar-refractivity contribution in [3.8, 4) is 5.75 Å². The van der Waals surface area contributed by atoms with Crippen LogP contribution in [0.15, 0.2) is 78.9 Å². The number of nitrogens with zero attached hydrogens (tertiary/aromatic N) is 2. The van der Waals surface area contributed by atoms with Crippen LogP contribution in [0.2, 0.25) is 5.02 Å². The molecule has 3 nitrogen and oxygen atoms in total. The van der Waals surface area contributed by atoms with Crippen LogP contribution in [0.5, 0.6) is 5.75 Å². The van der Waals surface area contributed by atoms with Crippen LogP contribution in [0.25, 0.3) is 0 Å². The number of hydrogen-bond acceptors (Lipinski definition) is 3. The van der Waals surface area contributed by atoms with Crippen LogP contribution in [0.3, 0.4) is 0 Å². The lowest BCUT2D eigenvalue weighted by Crippen LogP contribution is -2.46. The zero-order valence-corrected chi connectivity index (χ0v) is 18.3. The fourth-order valence-corrected chi connectivity index (χ4v) is 4.45. The van der Waals surface area contributed by atoms with Gasteiger partial charge in [-0.25, -0.2) is 0 Å². The summed E-state index contributed by atoms with van der Waals surface area (Å²) in [7, 11) is 1.75. The van der Waals surface area contributed by atoms with Crippen LogP contribution in [0.1, 0.15) is 23.5 Å². The van der Waals surface area contributed by atoms with Gasteiger partial charge in [-0.2, -0.15) is 0 Å². The second-order valence-electron chi connectivity index (χ2n) is 7.80. The van der Waals surface area contributed by atoms with Crippen molar-refractivity contribution in [3.05, 3.63) is 95.0 Å². The first-order valence-corrected chi connectivity index (χ1v) is 11.0. The number of halogens is 1. The van der Waals surface area contributed by atoms with Crippen molar-refractivity contribution in [2.45, 2.75) is 12.3 Å². The highest BCUT2D eigenvalue weighted by Gasteiger charge is 2.21. The van der Waals surface area contributed by atoms with Crippen molar-refractivity contribution in [3.63, 3.8) is 0 Å². The van der Waals surface area contributed by atoms with Crippen LogP contribution >= 0.6 is 11.6 Å². The van der Waals surface area contributed by atoms with E-state index in [2.05, 4.69) is 64.4 Å². The van der Waals surface area contributed by atoms with Gasteiger partial charge in [0.1, 0.15) is 5.75 Å². The molecule has 30 heavy (non-hydrogen) atoms. The molecule has 1 fully saturated rings. The summed E-state index contributed by atoms with van der Waals surface area (Å²) in [5, 5.41) is 0.790. The molecule has 0 N–H and O–H groups in total. The fourth-order valence-electron chi connectivity index (χ4n) is 4.32. The Morgan fingerprint density at radius 3 is 2.13 bits per heavy atom. The van der Waals surface area contributed by atoms with Crippen molar-refractivity contribution in [1.82, 2.24) is 4.90 Å². The van der Waals surface area contributed by atoms with Crippen LogP contribution in [-0.2, 0) is 0 Å². The van der Waals surface area contributed by atoms with Crippen molar-refractivity contribution in [2.24, 2.45) is 0 Å². The van der Waals surface area contributed by atoms with Crippen LogP contribution < -0.4 is 9.64 Å². The lowest BCUT2D eigenvalue weighted by molar-refractivity contribution is 0.250. The van der Waals surface area contributed by atoms with Crippen LogP contribution in [0.4, 0.5) is 5.69 Å². The largest absolute Gasteiger partial charge is 0.495 e. The molecule has 0 saturated carbocycles. The Bertz CT molecular complexity index is 921. The van der Waals surface area contributed by atoms with Crippen molar-refractivity contribution >= 4 is 17.3 Å². The van der Waals surface area contributed by atoms with Gasteiger partial charge < -0.3 is 9.64 Å². The van der Waals surface area contributed by atoms with E-state index in [4.69, 9.17) is 16.3 Å². The van der Waals surface area contributed by atoms with E-state index in [9.17, 15) is 0 Å². The standard InChI is InChI=1S/C26H29ClN2O/c1-30-26-10-6-5-9-25(26)29-19-17-28(18-20-29)16-15-24(21-7-3-2-4-8-21)22-11-13-23(27)14-12-22/h2-14,24H,15-20H2,1H3. The highest BCUT2D eigenvalue weighted by molar-refractivity contribution is 6.30. The summed E-state index contributed by atoms with van der Waals surface area (Å²) >= 11 is 6.13. The number of hydrogen-bond donors (Lipinski definition) is 0. The Kier molecular flexibility index (Phi) is 6.93. The van der Waals surface area contributed by atoms with E-state index in [1.54, 1.807) is 7.11 Å². The monoisotopic (exact) mass is 420 g/mol. The Labute approximate surface area is 184 Å². The van der Waals surface area contributed by atoms with E-state index >= 15 is 0 Å². The van der Waals surface area contributed by atoms with Crippen molar-refractivity contribution in [1.29, 1.82) is 0 Å². The topological polar surface area (TPSA) is 15.7 Å². The van der Waals surface area contributed by atoms with E-state index in [0.717, 1.165) is 49.9 Å². The number of methoxy groups -OCH3 is 1. The Morgan fingerprint density at radius 2 is 1.43 bits per heavy atom. The minimum Gasteiger partial charge on any atom is -0.495 e. The molecular formula is C26H29ClN2O. The Hall–Kier alpha value is -2.49. The molecule has 1 heterocycles. The van der Waals surface area contributed by atoms with Gasteiger partial charge in [-0.15, -0.1) is 0 Å². The summed E-state index contributed by atoms with van der Waals surface area (Å²) in [6.07, 6.45) is 1.10. The second kappa shape index (κ2) is 10.0. The van der Waals surface area contributed by atoms with Gasteiger partial charge in [0.15, 0.2) is 0 Å². The van der Waals surface area contributed by atoms with E-state index in [1.165, 1.54) is 16.8 Å². The van der Waals surface area contributed by atoms with Gasteiger partial charge in [-0.3, -0.25) is 4.90 Å². The zero-order chi connectivity index (χ0) is 20.8. The van der Waals surface area contributed by atoms with Crippen molar-refractivity contribution < 1.29 is 4.74 Å². The first-order valence-electron chi connectivity index (χ1n) is 10.7. The molecular weight excluding hydrogens is 392 g/mol. The highest BCUT2D eigenvalue weighted by atomic mass is 35.5. The molecule has 1 unspecified atom stereocenters. The number of benzene rings is 3. The SMILES string of the molecule is COc1ccccc1N1CCN(CCC(c2ccccc2)c2ccc(Cl)cc2)CC1. The molecule has 3 aromatic carbocycles. The lowest BCUT2D eigenvalue weighted by atomic mass is 9.88. The number of rotatable bonds is 7. The first-order chi connectivity index (χ1) is 14.7. The maximum absolute atomic E-state index is 6.13. The third-order valence-corrected chi connectivity index (χ3v) is 6.26. The van der Waals surface area contributed by atoms with E-state index in [-0.39, 0.29) is 0 Å². The van der Waals surface area contributed by atoms with E-state index < -0.39 is 0 Å². The molecule has 4 rings (SSSR count). The van der Waals surface area contributed by atoms with Gasteiger partial charge in [-0.05, 0) is 48.4 Å². The van der Waals surface area contributed by atoms with Crippen LogP contribution in [0, 0.1) is 0 Å². The first kappa shape index (κ1) is 20.8. The number of piperazine rings is 1. The Morgan fingerprint density at radius 1 is 0.800 bits per heavy atom. The number of ether oxygens (including phenoxy) is 1. The minimum absolute atomic E-state index is 0.385. The molecule has 1 aliphatic rings. The van der Waals surface area contributed by atoms with Crippen LogP contribution in [-0.4, -0.2) is 44.7 Å². The smallest absolute Gasteiger partial charge is 0.142 e. The molecule has 1 saturated heterocycles. The molecule has 0 spiro atoms. The van der Waals surface area contributed by atoms with Gasteiger partial charge >= 0.3 is 0 Å². The average molecular weight is 421 g/mol. The number of para-hydroxylation sites is 2. The maximum Gasteiger partial charge on any atom is 0.142 e. The summed E-state index contributed by atoms with van der Waals surface area (Å²) in [4.78, 5) is 5.01. The maximum atomic E-state index is 6.13. The second-order valence-corrected chi connectivity index (χ2v) is 8.24. The summed E-state index contributed by atoms with van der Waals surface area (Å²) in [5.74, 6) is 1.34. The summed E-state index contributed by atoms with van der Waals surface area (Å²) < 4.78 is 5.55. The third-order valence-electron chi connectivity index (χ3n) is 6.01. The highest BCUT2D eigenvalue weighted by Crippen LogP contribution is 2.31. The number of anilines is 1. The third kappa shape index (κ3) is 4.97. The average Bonchev–Trinajstić information content (AvgIpc) is 2.81. The minimum atomic E-state index is 0.385. The normalized spacial score (nSPS) is 15.7. The van der Waals surface area contributed by atoms with Gasteiger partial charge in [0, 0.05) is 37.1 Å². The molecule has 0 aromatic heterocycles. The van der Waals surface area contributed by atoms with Gasteiger partial charge in [0.2, 0.25) is 0 Å². The quantitative estimate of drug-likeness (QED) is 0.488. The van der Waals surface area contributed by atoms with Gasteiger partial charge in [0.05, 0.1) is 12.8 Å².